The van der Waals surface area contributed by atoms with Gasteiger partial charge in [-0.25, -0.2) is 5.43 Å². The van der Waals surface area contributed by atoms with Gasteiger partial charge in [-0.05, 0) is 25.0 Å². The summed E-state index contributed by atoms with van der Waals surface area (Å²) in [6.07, 6.45) is 0.0385. The third kappa shape index (κ3) is 2.33. The highest BCUT2D eigenvalue weighted by Gasteiger charge is 2.22. The van der Waals surface area contributed by atoms with Gasteiger partial charge in [0.1, 0.15) is 5.71 Å². The molecule has 0 fully saturated rings. The Morgan fingerprint density at radius 2 is 2.00 bits per heavy atom. The highest BCUT2D eigenvalue weighted by Crippen LogP contribution is 2.19. The number of hydrogen-bond acceptors (Lipinski definition) is 3. The number of aryl methyl sites for hydroxylation is 2. The molecule has 0 atom stereocenters. The lowest BCUT2D eigenvalue weighted by atomic mass is 10.1. The van der Waals surface area contributed by atoms with Gasteiger partial charge in [-0.3, -0.25) is 9.59 Å². The molecule has 2 N–H and O–H groups in total. The van der Waals surface area contributed by atoms with Crippen LogP contribution in [0.4, 0.5) is 5.69 Å². The van der Waals surface area contributed by atoms with Crippen molar-refractivity contribution in [2.45, 2.75) is 20.3 Å². The third-order valence-corrected chi connectivity index (χ3v) is 2.63. The lowest BCUT2D eigenvalue weighted by Crippen LogP contribution is -2.23. The smallest absolute Gasteiger partial charge is 0.272 e. The van der Waals surface area contributed by atoms with Crippen molar-refractivity contribution < 1.29 is 9.59 Å². The molecule has 0 spiro atoms. The van der Waals surface area contributed by atoms with Crippen LogP contribution in [0.5, 0.6) is 0 Å². The number of para-hydroxylation sites is 1. The fourth-order valence-corrected chi connectivity index (χ4v) is 1.69. The molecule has 0 radical (unpaired) electrons. The van der Waals surface area contributed by atoms with Crippen molar-refractivity contribution in [3.8, 4) is 0 Å². The van der Waals surface area contributed by atoms with Gasteiger partial charge >= 0.3 is 0 Å². The number of rotatable bonds is 2. The Bertz CT molecular complexity index is 500. The Labute approximate surface area is 98.9 Å². The number of carbonyl (C=O) groups is 2. The van der Waals surface area contributed by atoms with Crippen molar-refractivity contribution in [2.75, 3.05) is 5.32 Å². The first-order chi connectivity index (χ1) is 8.08. The summed E-state index contributed by atoms with van der Waals surface area (Å²) >= 11 is 0. The molecule has 1 aromatic rings. The fourth-order valence-electron chi connectivity index (χ4n) is 1.69. The summed E-state index contributed by atoms with van der Waals surface area (Å²) in [6, 6.07) is 5.77. The van der Waals surface area contributed by atoms with Gasteiger partial charge in [0.25, 0.3) is 5.91 Å². The first kappa shape index (κ1) is 11.3. The molecule has 0 saturated carbocycles. The topological polar surface area (TPSA) is 70.6 Å². The van der Waals surface area contributed by atoms with E-state index in [0.717, 1.165) is 16.8 Å². The van der Waals surface area contributed by atoms with E-state index in [2.05, 4.69) is 15.8 Å². The lowest BCUT2D eigenvalue weighted by molar-refractivity contribution is -0.119. The summed E-state index contributed by atoms with van der Waals surface area (Å²) < 4.78 is 0. The highest BCUT2D eigenvalue weighted by atomic mass is 16.2. The second-order valence-electron chi connectivity index (χ2n) is 3.99. The fraction of sp³-hybridized carbons (Fsp3) is 0.250. The van der Waals surface area contributed by atoms with Crippen molar-refractivity contribution in [1.82, 2.24) is 5.43 Å². The van der Waals surface area contributed by atoms with Crippen LogP contribution in [-0.4, -0.2) is 17.5 Å². The molecule has 88 valence electrons. The molecule has 0 aliphatic carbocycles. The molecule has 1 aliphatic heterocycles. The molecule has 0 unspecified atom stereocenters. The Morgan fingerprint density at radius 3 is 2.53 bits per heavy atom. The summed E-state index contributed by atoms with van der Waals surface area (Å²) in [7, 11) is 0. The van der Waals surface area contributed by atoms with Crippen LogP contribution in [0.1, 0.15) is 17.5 Å². The Kier molecular flexibility index (Phi) is 2.91. The van der Waals surface area contributed by atoms with Crippen molar-refractivity contribution >= 4 is 23.2 Å². The van der Waals surface area contributed by atoms with E-state index >= 15 is 0 Å². The second-order valence-corrected chi connectivity index (χ2v) is 3.99. The van der Waals surface area contributed by atoms with Gasteiger partial charge in [-0.1, -0.05) is 18.2 Å². The van der Waals surface area contributed by atoms with Crippen molar-refractivity contribution in [3.05, 3.63) is 29.3 Å². The predicted octanol–water partition coefficient (Wildman–Crippen LogP) is 1.12. The number of benzene rings is 1. The van der Waals surface area contributed by atoms with Crippen molar-refractivity contribution in [1.29, 1.82) is 0 Å². The van der Waals surface area contributed by atoms with E-state index in [1.54, 1.807) is 0 Å². The molecule has 0 aromatic heterocycles. The lowest BCUT2D eigenvalue weighted by Gasteiger charge is -2.10. The average molecular weight is 231 g/mol. The number of anilines is 1. The number of hydrogen-bond donors (Lipinski definition) is 2. The molecule has 17 heavy (non-hydrogen) atoms. The van der Waals surface area contributed by atoms with Gasteiger partial charge in [0.2, 0.25) is 5.91 Å². The largest absolute Gasteiger partial charge is 0.320 e. The van der Waals surface area contributed by atoms with E-state index in [9.17, 15) is 9.59 Å². The summed E-state index contributed by atoms with van der Waals surface area (Å²) in [5, 5.41) is 6.46. The number of hydrazone groups is 1. The molecule has 1 aliphatic rings. The van der Waals surface area contributed by atoms with E-state index in [0.29, 0.717) is 0 Å². The normalized spacial score (nSPS) is 14.2. The summed E-state index contributed by atoms with van der Waals surface area (Å²) in [5.74, 6) is -0.586. The van der Waals surface area contributed by atoms with Gasteiger partial charge in [0.15, 0.2) is 0 Å². The quantitative estimate of drug-likeness (QED) is 0.800. The van der Waals surface area contributed by atoms with Gasteiger partial charge in [0.05, 0.1) is 6.42 Å². The highest BCUT2D eigenvalue weighted by molar-refractivity contribution is 6.46. The van der Waals surface area contributed by atoms with E-state index in [-0.39, 0.29) is 23.9 Å². The number of carbonyl (C=O) groups excluding carboxylic acids is 2. The molecule has 0 saturated heterocycles. The minimum Gasteiger partial charge on any atom is -0.320 e. The zero-order valence-corrected chi connectivity index (χ0v) is 9.70. The van der Waals surface area contributed by atoms with Crippen LogP contribution in [0.25, 0.3) is 0 Å². The minimum absolute atomic E-state index is 0.0385. The first-order valence-corrected chi connectivity index (χ1v) is 5.31. The molecular formula is C12H13N3O2. The zero-order valence-electron chi connectivity index (χ0n) is 9.70. The standard InChI is InChI=1S/C12H13N3O2/c1-7-4-3-5-8(2)11(7)13-12(17)9-6-10(16)15-14-9/h3-5H,6H2,1-2H3,(H,13,17)(H,15,16). The van der Waals surface area contributed by atoms with Crippen LogP contribution in [0.3, 0.4) is 0 Å². The molecule has 2 rings (SSSR count). The SMILES string of the molecule is Cc1cccc(C)c1NC(=O)C1=NNC(=O)C1. The Morgan fingerprint density at radius 1 is 1.35 bits per heavy atom. The van der Waals surface area contributed by atoms with Gasteiger partial charge < -0.3 is 5.32 Å². The molecular weight excluding hydrogens is 218 g/mol. The maximum absolute atomic E-state index is 11.8. The van der Waals surface area contributed by atoms with Crippen LogP contribution in [0.15, 0.2) is 23.3 Å². The monoisotopic (exact) mass is 231 g/mol. The van der Waals surface area contributed by atoms with E-state index in [4.69, 9.17) is 0 Å². The maximum Gasteiger partial charge on any atom is 0.272 e. The second kappa shape index (κ2) is 4.37. The van der Waals surface area contributed by atoms with Crippen LogP contribution in [0, 0.1) is 13.8 Å². The number of amides is 2. The Balaban J connectivity index is 2.16. The predicted molar refractivity (Wildman–Crippen MR) is 64.7 cm³/mol. The molecule has 5 nitrogen and oxygen atoms in total. The summed E-state index contributed by atoms with van der Waals surface area (Å²) in [6.45, 7) is 3.84. The Hall–Kier alpha value is -2.17. The van der Waals surface area contributed by atoms with Gasteiger partial charge in [-0.2, -0.15) is 5.10 Å². The van der Waals surface area contributed by atoms with E-state index in [1.807, 2.05) is 32.0 Å². The van der Waals surface area contributed by atoms with Crippen LogP contribution in [0.2, 0.25) is 0 Å². The van der Waals surface area contributed by atoms with Crippen LogP contribution in [-0.2, 0) is 9.59 Å². The van der Waals surface area contributed by atoms with Crippen LogP contribution >= 0.6 is 0 Å². The first-order valence-electron chi connectivity index (χ1n) is 5.31. The maximum atomic E-state index is 11.8. The molecule has 0 bridgehead atoms. The van der Waals surface area contributed by atoms with Crippen molar-refractivity contribution in [2.24, 2.45) is 5.10 Å². The minimum atomic E-state index is -0.333. The third-order valence-electron chi connectivity index (χ3n) is 2.63. The molecule has 2 amide bonds. The molecule has 1 heterocycles. The zero-order chi connectivity index (χ0) is 12.4. The number of nitrogens with one attached hydrogen (secondary N) is 2. The average Bonchev–Trinajstić information content (AvgIpc) is 2.70. The summed E-state index contributed by atoms with van der Waals surface area (Å²) in [5.41, 5.74) is 5.22. The van der Waals surface area contributed by atoms with E-state index < -0.39 is 0 Å². The molecule has 5 heteroatoms. The van der Waals surface area contributed by atoms with Gasteiger partial charge in [-0.15, -0.1) is 0 Å². The molecule has 1 aromatic carbocycles. The van der Waals surface area contributed by atoms with E-state index in [1.165, 1.54) is 0 Å². The van der Waals surface area contributed by atoms with Crippen LogP contribution < -0.4 is 10.7 Å². The number of nitrogens with zero attached hydrogens (tertiary/aromatic N) is 1. The van der Waals surface area contributed by atoms with Crippen molar-refractivity contribution in [3.63, 3.8) is 0 Å². The van der Waals surface area contributed by atoms with Gasteiger partial charge in [0, 0.05) is 5.69 Å². The summed E-state index contributed by atoms with van der Waals surface area (Å²) in [4.78, 5) is 22.8.